The van der Waals surface area contributed by atoms with Crippen LogP contribution in [0.15, 0.2) is 24.4 Å². The summed E-state index contributed by atoms with van der Waals surface area (Å²) in [5.74, 6) is 0.160. The zero-order chi connectivity index (χ0) is 17.0. The summed E-state index contributed by atoms with van der Waals surface area (Å²) >= 11 is 5.97. The molecule has 1 heterocycles. The first-order valence-corrected chi connectivity index (χ1v) is 8.55. The van der Waals surface area contributed by atoms with Crippen LogP contribution in [0.3, 0.4) is 0 Å². The lowest BCUT2D eigenvalue weighted by atomic mass is 10.3. The summed E-state index contributed by atoms with van der Waals surface area (Å²) in [6, 6.07) is 4.82. The van der Waals surface area contributed by atoms with Crippen LogP contribution in [-0.2, 0) is 21.4 Å². The lowest BCUT2D eigenvalue weighted by Gasteiger charge is -2.07. The van der Waals surface area contributed by atoms with E-state index in [2.05, 4.69) is 20.4 Å². The molecule has 1 aromatic carbocycles. The van der Waals surface area contributed by atoms with Gasteiger partial charge >= 0.3 is 0 Å². The van der Waals surface area contributed by atoms with Crippen LogP contribution in [0.2, 0.25) is 5.02 Å². The van der Waals surface area contributed by atoms with Crippen molar-refractivity contribution in [3.63, 3.8) is 0 Å². The number of anilines is 2. The summed E-state index contributed by atoms with van der Waals surface area (Å²) < 4.78 is 30.5. The van der Waals surface area contributed by atoms with Crippen molar-refractivity contribution in [1.29, 1.82) is 0 Å². The molecule has 0 saturated carbocycles. The summed E-state index contributed by atoms with van der Waals surface area (Å²) in [6.07, 6.45) is 2.30. The summed E-state index contributed by atoms with van der Waals surface area (Å²) in [6.45, 7) is -0.137. The van der Waals surface area contributed by atoms with Gasteiger partial charge in [-0.15, -0.1) is 5.10 Å². The van der Waals surface area contributed by atoms with Crippen molar-refractivity contribution in [2.45, 2.75) is 6.54 Å². The molecule has 1 aromatic heterocycles. The number of nitrogens with zero attached hydrogens (tertiary/aromatic N) is 3. The molecule has 1 amide bonds. The van der Waals surface area contributed by atoms with E-state index in [-0.39, 0.29) is 18.3 Å². The van der Waals surface area contributed by atoms with Crippen molar-refractivity contribution in [2.24, 2.45) is 0 Å². The highest BCUT2D eigenvalue weighted by Gasteiger charge is 2.10. The third-order valence-electron chi connectivity index (χ3n) is 2.57. The Morgan fingerprint density at radius 1 is 1.43 bits per heavy atom. The van der Waals surface area contributed by atoms with E-state index in [1.165, 1.54) is 18.0 Å². The first kappa shape index (κ1) is 17.0. The number of nitrogens with one attached hydrogen (secondary N) is 2. The Hall–Kier alpha value is -2.33. The minimum atomic E-state index is -3.45. The molecule has 9 nitrogen and oxygen atoms in total. The normalized spacial score (nSPS) is 11.1. The molecule has 124 valence electrons. The van der Waals surface area contributed by atoms with Crippen molar-refractivity contribution in [3.8, 4) is 5.75 Å². The first-order valence-electron chi connectivity index (χ1n) is 6.28. The summed E-state index contributed by atoms with van der Waals surface area (Å²) in [5.41, 5.74) is 0.496. The molecule has 0 aliphatic carbocycles. The van der Waals surface area contributed by atoms with Crippen LogP contribution in [0.5, 0.6) is 5.75 Å². The Balaban J connectivity index is 1.98. The van der Waals surface area contributed by atoms with Crippen LogP contribution in [0.25, 0.3) is 0 Å². The largest absolute Gasteiger partial charge is 0.495 e. The Kier molecular flexibility index (Phi) is 5.06. The predicted octanol–water partition coefficient (Wildman–Crippen LogP) is 0.950. The smallest absolute Gasteiger partial charge is 0.246 e. The molecule has 11 heteroatoms. The summed E-state index contributed by atoms with van der Waals surface area (Å²) in [5, 5.41) is 10.3. The summed E-state index contributed by atoms with van der Waals surface area (Å²) in [4.78, 5) is 11.9. The van der Waals surface area contributed by atoms with Gasteiger partial charge in [0.15, 0.2) is 5.82 Å². The number of aromatic nitrogens is 3. The fraction of sp³-hybridized carbons (Fsp3) is 0.250. The van der Waals surface area contributed by atoms with E-state index >= 15 is 0 Å². The quantitative estimate of drug-likeness (QED) is 0.793. The number of benzene rings is 1. The van der Waals surface area contributed by atoms with E-state index in [9.17, 15) is 13.2 Å². The van der Waals surface area contributed by atoms with Gasteiger partial charge < -0.3 is 10.1 Å². The van der Waals surface area contributed by atoms with E-state index in [0.29, 0.717) is 16.5 Å². The molecular formula is C12H14ClN5O4S. The number of hydrogen-bond donors (Lipinski definition) is 2. The Morgan fingerprint density at radius 3 is 2.78 bits per heavy atom. The van der Waals surface area contributed by atoms with Gasteiger partial charge in [0.25, 0.3) is 0 Å². The first-order chi connectivity index (χ1) is 10.8. The average molecular weight is 360 g/mol. The van der Waals surface area contributed by atoms with Crippen LogP contribution >= 0.6 is 11.6 Å². The van der Waals surface area contributed by atoms with Crippen LogP contribution < -0.4 is 14.8 Å². The Labute approximate surface area is 137 Å². The van der Waals surface area contributed by atoms with Crippen molar-refractivity contribution >= 4 is 39.0 Å². The SMILES string of the molecule is COc1ccc(NC(=O)Cn2cc(NS(C)(=O)=O)nn2)cc1Cl. The van der Waals surface area contributed by atoms with Crippen LogP contribution in [0, 0.1) is 0 Å². The number of amides is 1. The van der Waals surface area contributed by atoms with Crippen LogP contribution in [-0.4, -0.2) is 42.7 Å². The van der Waals surface area contributed by atoms with Gasteiger partial charge in [-0.05, 0) is 18.2 Å². The highest BCUT2D eigenvalue weighted by atomic mass is 35.5. The molecule has 0 aliphatic rings. The maximum atomic E-state index is 11.9. The molecule has 0 atom stereocenters. The molecule has 0 aliphatic heterocycles. The van der Waals surface area contributed by atoms with E-state index in [4.69, 9.17) is 16.3 Å². The maximum absolute atomic E-state index is 11.9. The van der Waals surface area contributed by atoms with Gasteiger partial charge in [-0.25, -0.2) is 13.1 Å². The van der Waals surface area contributed by atoms with Crippen LogP contribution in [0.4, 0.5) is 11.5 Å². The monoisotopic (exact) mass is 359 g/mol. The molecular weight excluding hydrogens is 346 g/mol. The topological polar surface area (TPSA) is 115 Å². The molecule has 23 heavy (non-hydrogen) atoms. The highest BCUT2D eigenvalue weighted by Crippen LogP contribution is 2.27. The molecule has 0 saturated heterocycles. The number of halogens is 1. The van der Waals surface area contributed by atoms with Gasteiger partial charge in [-0.2, -0.15) is 0 Å². The maximum Gasteiger partial charge on any atom is 0.246 e. The second-order valence-electron chi connectivity index (χ2n) is 4.57. The number of ether oxygens (including phenoxy) is 1. The number of carbonyl (C=O) groups is 1. The second kappa shape index (κ2) is 6.84. The number of methoxy groups -OCH3 is 1. The lowest BCUT2D eigenvalue weighted by molar-refractivity contribution is -0.116. The molecule has 0 fully saturated rings. The van der Waals surface area contributed by atoms with Crippen LogP contribution in [0.1, 0.15) is 0 Å². The zero-order valence-corrected chi connectivity index (χ0v) is 13.8. The minimum absolute atomic E-state index is 0.0350. The van der Waals surface area contributed by atoms with Crippen molar-refractivity contribution < 1.29 is 17.9 Å². The highest BCUT2D eigenvalue weighted by molar-refractivity contribution is 7.92. The molecule has 0 bridgehead atoms. The molecule has 2 aromatic rings. The standard InChI is InChI=1S/C12H14ClN5O4S/c1-22-10-4-3-8(5-9(10)13)14-12(19)7-18-6-11(15-17-18)16-23(2,20)21/h3-6,16H,7H2,1-2H3,(H,14,19). The van der Waals surface area contributed by atoms with Gasteiger partial charge in [0, 0.05) is 5.69 Å². The Morgan fingerprint density at radius 2 is 2.17 bits per heavy atom. The van der Waals surface area contributed by atoms with Gasteiger partial charge in [-0.3, -0.25) is 9.52 Å². The third-order valence-corrected chi connectivity index (χ3v) is 3.45. The van der Waals surface area contributed by atoms with E-state index in [1.54, 1.807) is 18.2 Å². The van der Waals surface area contributed by atoms with E-state index < -0.39 is 10.0 Å². The van der Waals surface area contributed by atoms with E-state index in [0.717, 1.165) is 6.26 Å². The summed E-state index contributed by atoms with van der Waals surface area (Å²) in [7, 11) is -1.95. The minimum Gasteiger partial charge on any atom is -0.495 e. The molecule has 0 radical (unpaired) electrons. The lowest BCUT2D eigenvalue weighted by Crippen LogP contribution is -2.19. The van der Waals surface area contributed by atoms with Gasteiger partial charge in [0.1, 0.15) is 12.3 Å². The predicted molar refractivity (Wildman–Crippen MR) is 85.1 cm³/mol. The number of carbonyl (C=O) groups excluding carboxylic acids is 1. The average Bonchev–Trinajstić information content (AvgIpc) is 2.83. The number of rotatable bonds is 6. The van der Waals surface area contributed by atoms with Gasteiger partial charge in [0.05, 0.1) is 24.6 Å². The molecule has 2 rings (SSSR count). The van der Waals surface area contributed by atoms with Crippen molar-refractivity contribution in [2.75, 3.05) is 23.4 Å². The number of sulfonamides is 1. The van der Waals surface area contributed by atoms with Crippen molar-refractivity contribution in [3.05, 3.63) is 29.4 Å². The Bertz CT molecular complexity index is 821. The fourth-order valence-corrected chi connectivity index (χ4v) is 2.44. The fourth-order valence-electron chi connectivity index (χ4n) is 1.70. The molecule has 2 N–H and O–H groups in total. The number of hydrogen-bond acceptors (Lipinski definition) is 6. The van der Waals surface area contributed by atoms with Gasteiger partial charge in [0.2, 0.25) is 15.9 Å². The van der Waals surface area contributed by atoms with E-state index in [1.807, 2.05) is 0 Å². The van der Waals surface area contributed by atoms with Crippen molar-refractivity contribution in [1.82, 2.24) is 15.0 Å². The zero-order valence-electron chi connectivity index (χ0n) is 12.3. The van der Waals surface area contributed by atoms with Gasteiger partial charge in [-0.1, -0.05) is 16.8 Å². The second-order valence-corrected chi connectivity index (χ2v) is 6.73. The molecule has 0 unspecified atom stereocenters. The third kappa shape index (κ3) is 5.11. The molecule has 0 spiro atoms.